The molecule has 0 aromatic heterocycles. The molecule has 0 spiro atoms. The van der Waals surface area contributed by atoms with Crippen LogP contribution in [-0.2, 0) is 11.2 Å². The Labute approximate surface area is 130 Å². The van der Waals surface area contributed by atoms with E-state index < -0.39 is 0 Å². The maximum absolute atomic E-state index is 5.50. The zero-order chi connectivity index (χ0) is 14.9. The molecule has 1 unspecified atom stereocenters. The average molecular weight is 289 g/mol. The van der Waals surface area contributed by atoms with Gasteiger partial charge in [0.1, 0.15) is 0 Å². The molecular weight excluding hydrogens is 258 g/mol. The monoisotopic (exact) mass is 289 g/mol. The van der Waals surface area contributed by atoms with Crippen molar-refractivity contribution >= 4 is 0 Å². The molecule has 21 heavy (non-hydrogen) atoms. The standard InChI is InChI=1S/C19H31NO/c1-3-10-20-15-18(13-17-8-11-21-12-9-17)14-19-7-5-4-6-16(19)2/h4-7,17-18,20H,3,8-15H2,1-2H3. The van der Waals surface area contributed by atoms with E-state index in [0.717, 1.165) is 38.1 Å². The first-order valence-electron chi connectivity index (χ1n) is 8.62. The van der Waals surface area contributed by atoms with Crippen LogP contribution in [0.1, 0.15) is 43.7 Å². The first-order chi connectivity index (χ1) is 10.3. The molecule has 1 N–H and O–H groups in total. The Hall–Kier alpha value is -0.860. The van der Waals surface area contributed by atoms with E-state index in [-0.39, 0.29) is 0 Å². The number of hydrogen-bond acceptors (Lipinski definition) is 2. The van der Waals surface area contributed by atoms with E-state index in [1.165, 1.54) is 43.2 Å². The Morgan fingerprint density at radius 3 is 2.71 bits per heavy atom. The molecule has 1 fully saturated rings. The fourth-order valence-electron chi connectivity index (χ4n) is 3.33. The predicted molar refractivity (Wildman–Crippen MR) is 89.7 cm³/mol. The lowest BCUT2D eigenvalue weighted by Gasteiger charge is -2.27. The fraction of sp³-hybridized carbons (Fsp3) is 0.684. The maximum atomic E-state index is 5.50. The van der Waals surface area contributed by atoms with Gasteiger partial charge in [0.2, 0.25) is 0 Å². The van der Waals surface area contributed by atoms with Crippen LogP contribution in [0, 0.1) is 18.8 Å². The highest BCUT2D eigenvalue weighted by Crippen LogP contribution is 2.25. The van der Waals surface area contributed by atoms with Gasteiger partial charge in [-0.05, 0) is 75.1 Å². The van der Waals surface area contributed by atoms with E-state index in [1.54, 1.807) is 0 Å². The number of nitrogens with one attached hydrogen (secondary N) is 1. The Morgan fingerprint density at radius 2 is 2.00 bits per heavy atom. The molecule has 1 aromatic carbocycles. The van der Waals surface area contributed by atoms with Crippen LogP contribution in [0.4, 0.5) is 0 Å². The van der Waals surface area contributed by atoms with Gasteiger partial charge in [0, 0.05) is 13.2 Å². The number of hydrogen-bond donors (Lipinski definition) is 1. The van der Waals surface area contributed by atoms with Crippen molar-refractivity contribution < 1.29 is 4.74 Å². The minimum atomic E-state index is 0.751. The van der Waals surface area contributed by atoms with Gasteiger partial charge in [-0.1, -0.05) is 31.2 Å². The molecule has 2 rings (SSSR count). The molecule has 0 bridgehead atoms. The van der Waals surface area contributed by atoms with Crippen LogP contribution in [0.3, 0.4) is 0 Å². The summed E-state index contributed by atoms with van der Waals surface area (Å²) >= 11 is 0. The van der Waals surface area contributed by atoms with Crippen molar-refractivity contribution in [3.05, 3.63) is 35.4 Å². The zero-order valence-corrected chi connectivity index (χ0v) is 13.7. The van der Waals surface area contributed by atoms with Crippen LogP contribution >= 0.6 is 0 Å². The van der Waals surface area contributed by atoms with Crippen molar-refractivity contribution in [2.24, 2.45) is 11.8 Å². The quantitative estimate of drug-likeness (QED) is 0.731. The van der Waals surface area contributed by atoms with Crippen LogP contribution < -0.4 is 5.32 Å². The summed E-state index contributed by atoms with van der Waals surface area (Å²) in [5, 5.41) is 3.63. The summed E-state index contributed by atoms with van der Waals surface area (Å²) in [5.41, 5.74) is 2.96. The molecule has 0 saturated carbocycles. The van der Waals surface area contributed by atoms with Gasteiger partial charge >= 0.3 is 0 Å². The van der Waals surface area contributed by atoms with E-state index in [9.17, 15) is 0 Å². The first kappa shape index (κ1) is 16.5. The highest BCUT2D eigenvalue weighted by Gasteiger charge is 2.20. The lowest BCUT2D eigenvalue weighted by Crippen LogP contribution is -2.28. The summed E-state index contributed by atoms with van der Waals surface area (Å²) in [4.78, 5) is 0. The molecular formula is C19H31NO. The normalized spacial score (nSPS) is 17.8. The van der Waals surface area contributed by atoms with Crippen molar-refractivity contribution in [1.29, 1.82) is 0 Å². The Morgan fingerprint density at radius 1 is 1.24 bits per heavy atom. The van der Waals surface area contributed by atoms with Crippen molar-refractivity contribution in [1.82, 2.24) is 5.32 Å². The summed E-state index contributed by atoms with van der Waals surface area (Å²) < 4.78 is 5.50. The number of ether oxygens (including phenoxy) is 1. The molecule has 2 heteroatoms. The van der Waals surface area contributed by atoms with Gasteiger partial charge < -0.3 is 10.1 Å². The highest BCUT2D eigenvalue weighted by molar-refractivity contribution is 5.26. The molecule has 1 aliphatic heterocycles. The molecule has 118 valence electrons. The fourth-order valence-corrected chi connectivity index (χ4v) is 3.33. The van der Waals surface area contributed by atoms with Gasteiger partial charge in [0.25, 0.3) is 0 Å². The van der Waals surface area contributed by atoms with Gasteiger partial charge in [0.05, 0.1) is 0 Å². The van der Waals surface area contributed by atoms with E-state index in [0.29, 0.717) is 0 Å². The van der Waals surface area contributed by atoms with Gasteiger partial charge in [-0.15, -0.1) is 0 Å². The van der Waals surface area contributed by atoms with Gasteiger partial charge in [-0.25, -0.2) is 0 Å². The van der Waals surface area contributed by atoms with Gasteiger partial charge in [-0.2, -0.15) is 0 Å². The molecule has 0 amide bonds. The Bertz CT molecular complexity index is 398. The lowest BCUT2D eigenvalue weighted by molar-refractivity contribution is 0.0585. The molecule has 1 heterocycles. The van der Waals surface area contributed by atoms with Crippen molar-refractivity contribution in [2.75, 3.05) is 26.3 Å². The molecule has 0 radical (unpaired) electrons. The maximum Gasteiger partial charge on any atom is 0.0468 e. The van der Waals surface area contributed by atoms with Crippen molar-refractivity contribution in [3.8, 4) is 0 Å². The number of benzene rings is 1. The summed E-state index contributed by atoms with van der Waals surface area (Å²) in [7, 11) is 0. The number of aryl methyl sites for hydroxylation is 1. The minimum absolute atomic E-state index is 0.751. The molecule has 1 aromatic rings. The molecule has 0 aliphatic carbocycles. The van der Waals surface area contributed by atoms with Crippen LogP contribution in [0.15, 0.2) is 24.3 Å². The van der Waals surface area contributed by atoms with Crippen LogP contribution in [0.25, 0.3) is 0 Å². The third kappa shape index (κ3) is 5.80. The Kier molecular flexibility index (Phi) is 7.25. The average Bonchev–Trinajstić information content (AvgIpc) is 2.51. The summed E-state index contributed by atoms with van der Waals surface area (Å²) in [6, 6.07) is 8.85. The van der Waals surface area contributed by atoms with Crippen LogP contribution in [0.2, 0.25) is 0 Å². The van der Waals surface area contributed by atoms with E-state index in [1.807, 2.05) is 0 Å². The largest absolute Gasteiger partial charge is 0.381 e. The lowest BCUT2D eigenvalue weighted by atomic mass is 9.84. The van der Waals surface area contributed by atoms with E-state index >= 15 is 0 Å². The Balaban J connectivity index is 1.92. The SMILES string of the molecule is CCCNCC(Cc1ccccc1C)CC1CCOCC1. The summed E-state index contributed by atoms with van der Waals surface area (Å²) in [6.45, 7) is 8.69. The second kappa shape index (κ2) is 9.22. The zero-order valence-electron chi connectivity index (χ0n) is 13.7. The van der Waals surface area contributed by atoms with Crippen LogP contribution in [0.5, 0.6) is 0 Å². The van der Waals surface area contributed by atoms with Crippen molar-refractivity contribution in [3.63, 3.8) is 0 Å². The van der Waals surface area contributed by atoms with E-state index in [4.69, 9.17) is 4.74 Å². The van der Waals surface area contributed by atoms with Crippen LogP contribution in [-0.4, -0.2) is 26.3 Å². The topological polar surface area (TPSA) is 21.3 Å². The third-order valence-electron chi connectivity index (χ3n) is 4.64. The predicted octanol–water partition coefficient (Wildman–Crippen LogP) is 3.97. The third-order valence-corrected chi connectivity index (χ3v) is 4.64. The number of rotatable bonds is 8. The molecule has 1 aliphatic rings. The smallest absolute Gasteiger partial charge is 0.0468 e. The summed E-state index contributed by atoms with van der Waals surface area (Å²) in [5.74, 6) is 1.61. The highest BCUT2D eigenvalue weighted by atomic mass is 16.5. The van der Waals surface area contributed by atoms with Gasteiger partial charge in [0.15, 0.2) is 0 Å². The molecule has 1 atom stereocenters. The first-order valence-corrected chi connectivity index (χ1v) is 8.62. The summed E-state index contributed by atoms with van der Waals surface area (Å²) in [6.07, 6.45) is 6.26. The minimum Gasteiger partial charge on any atom is -0.381 e. The van der Waals surface area contributed by atoms with Gasteiger partial charge in [-0.3, -0.25) is 0 Å². The van der Waals surface area contributed by atoms with Crippen molar-refractivity contribution in [2.45, 2.75) is 46.0 Å². The second-order valence-corrected chi connectivity index (χ2v) is 6.49. The molecule has 1 saturated heterocycles. The molecule has 2 nitrogen and oxygen atoms in total. The van der Waals surface area contributed by atoms with E-state index in [2.05, 4.69) is 43.4 Å². The second-order valence-electron chi connectivity index (χ2n) is 6.49.